The van der Waals surface area contributed by atoms with Gasteiger partial charge in [-0.15, -0.1) is 0 Å². The Morgan fingerprint density at radius 2 is 1.94 bits per heavy atom. The molecule has 5 nitrogen and oxygen atoms in total. The quantitative estimate of drug-likeness (QED) is 0.789. The van der Waals surface area contributed by atoms with Crippen molar-refractivity contribution in [2.24, 2.45) is 7.05 Å². The van der Waals surface area contributed by atoms with E-state index in [2.05, 4.69) is 5.10 Å². The summed E-state index contributed by atoms with van der Waals surface area (Å²) in [6, 6.07) is 6.54. The van der Waals surface area contributed by atoms with Crippen LogP contribution in [0.5, 0.6) is 0 Å². The van der Waals surface area contributed by atoms with Crippen molar-refractivity contribution in [2.75, 3.05) is 0 Å². The minimum Gasteiger partial charge on any atom is -0.275 e. The van der Waals surface area contributed by atoms with Gasteiger partial charge in [-0.25, -0.2) is 0 Å². The van der Waals surface area contributed by atoms with Gasteiger partial charge in [-0.1, -0.05) is 17.7 Å². The SMILES string of the molecule is Cc1ccc(S(=O)(=O)OCc2cnn(C)c2)cc1. The van der Waals surface area contributed by atoms with Gasteiger partial charge in [0.2, 0.25) is 0 Å². The van der Waals surface area contributed by atoms with E-state index in [1.165, 1.54) is 12.1 Å². The minimum absolute atomic E-state index is 0.00987. The molecule has 2 aromatic rings. The first-order valence-electron chi connectivity index (χ1n) is 5.41. The molecule has 0 unspecified atom stereocenters. The molecule has 0 radical (unpaired) electrons. The Morgan fingerprint density at radius 1 is 1.28 bits per heavy atom. The van der Waals surface area contributed by atoms with Gasteiger partial charge in [-0.2, -0.15) is 13.5 Å². The highest BCUT2D eigenvalue weighted by Gasteiger charge is 2.15. The average Bonchev–Trinajstić information content (AvgIpc) is 2.73. The van der Waals surface area contributed by atoms with Crippen LogP contribution in [0.25, 0.3) is 0 Å². The molecule has 96 valence electrons. The maximum Gasteiger partial charge on any atom is 0.297 e. The molecule has 1 aromatic heterocycles. The number of hydrogen-bond donors (Lipinski definition) is 0. The van der Waals surface area contributed by atoms with Crippen molar-refractivity contribution in [1.29, 1.82) is 0 Å². The van der Waals surface area contributed by atoms with E-state index < -0.39 is 10.1 Å². The second-order valence-electron chi connectivity index (χ2n) is 4.05. The number of hydrogen-bond acceptors (Lipinski definition) is 4. The van der Waals surface area contributed by atoms with E-state index in [1.54, 1.807) is 36.3 Å². The number of aromatic nitrogens is 2. The summed E-state index contributed by atoms with van der Waals surface area (Å²) in [5, 5.41) is 3.94. The molecule has 0 bridgehead atoms. The molecular formula is C12H14N2O3S. The molecule has 0 N–H and O–H groups in total. The molecule has 0 aliphatic rings. The lowest BCUT2D eigenvalue weighted by Crippen LogP contribution is -2.06. The van der Waals surface area contributed by atoms with Crippen molar-refractivity contribution in [1.82, 2.24) is 9.78 Å². The van der Waals surface area contributed by atoms with Crippen LogP contribution < -0.4 is 0 Å². The van der Waals surface area contributed by atoms with Gasteiger partial charge in [0, 0.05) is 18.8 Å². The van der Waals surface area contributed by atoms with E-state index in [0.29, 0.717) is 5.56 Å². The fraction of sp³-hybridized carbons (Fsp3) is 0.250. The topological polar surface area (TPSA) is 61.2 Å². The third-order valence-electron chi connectivity index (χ3n) is 2.45. The molecule has 1 heterocycles. The summed E-state index contributed by atoms with van der Waals surface area (Å²) in [5.74, 6) is 0. The minimum atomic E-state index is -3.70. The fourth-order valence-corrected chi connectivity index (χ4v) is 2.36. The Labute approximate surface area is 106 Å². The molecule has 2 rings (SSSR count). The Hall–Kier alpha value is -1.66. The van der Waals surface area contributed by atoms with Crippen molar-refractivity contribution in [3.63, 3.8) is 0 Å². The highest BCUT2D eigenvalue weighted by molar-refractivity contribution is 7.86. The third-order valence-corrected chi connectivity index (χ3v) is 3.73. The van der Waals surface area contributed by atoms with Gasteiger partial charge in [0.25, 0.3) is 10.1 Å². The summed E-state index contributed by atoms with van der Waals surface area (Å²) >= 11 is 0. The summed E-state index contributed by atoms with van der Waals surface area (Å²) in [4.78, 5) is 0.164. The van der Waals surface area contributed by atoms with E-state index >= 15 is 0 Å². The fourth-order valence-electron chi connectivity index (χ4n) is 1.47. The van der Waals surface area contributed by atoms with Crippen LogP contribution in [0.2, 0.25) is 0 Å². The van der Waals surface area contributed by atoms with Crippen LogP contribution in [0, 0.1) is 6.92 Å². The van der Waals surface area contributed by atoms with Crippen LogP contribution in [0.15, 0.2) is 41.6 Å². The number of benzene rings is 1. The average molecular weight is 266 g/mol. The van der Waals surface area contributed by atoms with E-state index in [1.807, 2.05) is 6.92 Å². The Kier molecular flexibility index (Phi) is 3.49. The lowest BCUT2D eigenvalue weighted by Gasteiger charge is -2.04. The van der Waals surface area contributed by atoms with Crippen LogP contribution in [0.1, 0.15) is 11.1 Å². The predicted molar refractivity (Wildman–Crippen MR) is 66.4 cm³/mol. The van der Waals surface area contributed by atoms with E-state index in [4.69, 9.17) is 4.18 Å². The van der Waals surface area contributed by atoms with Gasteiger partial charge in [0.15, 0.2) is 0 Å². The van der Waals surface area contributed by atoms with Gasteiger partial charge in [-0.3, -0.25) is 8.86 Å². The molecule has 0 atom stereocenters. The first-order valence-corrected chi connectivity index (χ1v) is 6.82. The van der Waals surface area contributed by atoms with Crippen molar-refractivity contribution in [3.8, 4) is 0 Å². The second kappa shape index (κ2) is 4.91. The summed E-state index contributed by atoms with van der Waals surface area (Å²) in [5.41, 5.74) is 1.72. The van der Waals surface area contributed by atoms with Crippen molar-refractivity contribution >= 4 is 10.1 Å². The Balaban J connectivity index is 2.10. The first-order chi connectivity index (χ1) is 8.47. The van der Waals surface area contributed by atoms with E-state index in [-0.39, 0.29) is 11.5 Å². The number of aryl methyl sites for hydroxylation is 2. The molecule has 6 heteroatoms. The first kappa shape index (κ1) is 12.8. The Morgan fingerprint density at radius 3 is 2.50 bits per heavy atom. The van der Waals surface area contributed by atoms with E-state index in [9.17, 15) is 8.42 Å². The smallest absolute Gasteiger partial charge is 0.275 e. The van der Waals surface area contributed by atoms with Crippen LogP contribution in [0.4, 0.5) is 0 Å². The van der Waals surface area contributed by atoms with Gasteiger partial charge < -0.3 is 0 Å². The summed E-state index contributed by atoms with van der Waals surface area (Å²) in [6.45, 7) is 1.89. The maximum absolute atomic E-state index is 11.9. The zero-order valence-electron chi connectivity index (χ0n) is 10.2. The molecule has 0 amide bonds. The van der Waals surface area contributed by atoms with Gasteiger partial charge >= 0.3 is 0 Å². The summed E-state index contributed by atoms with van der Waals surface area (Å²) < 4.78 is 30.3. The van der Waals surface area contributed by atoms with Crippen LogP contribution >= 0.6 is 0 Å². The molecule has 18 heavy (non-hydrogen) atoms. The zero-order valence-corrected chi connectivity index (χ0v) is 11.0. The van der Waals surface area contributed by atoms with Crippen LogP contribution in [0.3, 0.4) is 0 Å². The Bertz CT molecular complexity index is 630. The molecular weight excluding hydrogens is 252 g/mol. The van der Waals surface area contributed by atoms with Gasteiger partial charge in [0.05, 0.1) is 17.7 Å². The van der Waals surface area contributed by atoms with Gasteiger partial charge in [-0.05, 0) is 19.1 Å². The van der Waals surface area contributed by atoms with Crippen molar-refractivity contribution < 1.29 is 12.6 Å². The lowest BCUT2D eigenvalue weighted by atomic mass is 10.2. The molecule has 0 fully saturated rings. The second-order valence-corrected chi connectivity index (χ2v) is 5.67. The molecule has 0 saturated carbocycles. The number of nitrogens with zero attached hydrogens (tertiary/aromatic N) is 2. The maximum atomic E-state index is 11.9. The van der Waals surface area contributed by atoms with Gasteiger partial charge in [0.1, 0.15) is 0 Å². The zero-order chi connectivity index (χ0) is 13.2. The summed E-state index contributed by atoms with van der Waals surface area (Å²) in [6.07, 6.45) is 3.29. The van der Waals surface area contributed by atoms with Crippen molar-refractivity contribution in [2.45, 2.75) is 18.4 Å². The highest BCUT2D eigenvalue weighted by atomic mass is 32.2. The van der Waals surface area contributed by atoms with Crippen molar-refractivity contribution in [3.05, 3.63) is 47.8 Å². The number of rotatable bonds is 4. The van der Waals surface area contributed by atoms with Crippen LogP contribution in [-0.2, 0) is 28.0 Å². The highest BCUT2D eigenvalue weighted by Crippen LogP contribution is 2.14. The largest absolute Gasteiger partial charge is 0.297 e. The van der Waals surface area contributed by atoms with Crippen LogP contribution in [-0.4, -0.2) is 18.2 Å². The predicted octanol–water partition coefficient (Wildman–Crippen LogP) is 1.63. The normalized spacial score (nSPS) is 11.7. The van der Waals surface area contributed by atoms with E-state index in [0.717, 1.165) is 5.56 Å². The summed E-state index contributed by atoms with van der Waals surface area (Å²) in [7, 11) is -1.94. The lowest BCUT2D eigenvalue weighted by molar-refractivity contribution is 0.308. The third kappa shape index (κ3) is 2.96. The molecule has 0 saturated heterocycles. The molecule has 1 aromatic carbocycles. The monoisotopic (exact) mass is 266 g/mol. The standard InChI is InChI=1S/C12H14N2O3S/c1-10-3-5-12(6-4-10)18(15,16)17-9-11-7-13-14(2)8-11/h3-8H,9H2,1-2H3. The molecule has 0 aliphatic heterocycles. The molecule has 0 aliphatic carbocycles. The molecule has 0 spiro atoms.